The van der Waals surface area contributed by atoms with Gasteiger partial charge in [-0.05, 0) is 24.1 Å². The van der Waals surface area contributed by atoms with Crippen molar-refractivity contribution in [3.05, 3.63) is 29.8 Å². The second-order valence-corrected chi connectivity index (χ2v) is 4.57. The Morgan fingerprint density at radius 3 is 2.77 bits per heavy atom. The first kappa shape index (κ1) is 8.91. The Bertz CT molecular complexity index is 265. The van der Waals surface area contributed by atoms with E-state index < -0.39 is 0 Å². The van der Waals surface area contributed by atoms with E-state index in [2.05, 4.69) is 17.4 Å². The molecule has 1 aromatic rings. The summed E-state index contributed by atoms with van der Waals surface area (Å²) in [6.45, 7) is 1.14. The van der Waals surface area contributed by atoms with Crippen LogP contribution in [0.25, 0.3) is 0 Å². The number of nitrogens with two attached hydrogens (primary N) is 1. The van der Waals surface area contributed by atoms with Gasteiger partial charge in [0.2, 0.25) is 0 Å². The van der Waals surface area contributed by atoms with E-state index >= 15 is 0 Å². The maximum atomic E-state index is 5.61. The fourth-order valence-corrected chi connectivity index (χ4v) is 2.55. The number of anilines is 1. The summed E-state index contributed by atoms with van der Waals surface area (Å²) in [5.41, 5.74) is 7.82. The lowest BCUT2D eigenvalue weighted by Gasteiger charge is -2.08. The molecule has 1 aliphatic rings. The topological polar surface area (TPSA) is 38.0 Å². The van der Waals surface area contributed by atoms with Crippen LogP contribution >= 0.6 is 11.8 Å². The van der Waals surface area contributed by atoms with Crippen molar-refractivity contribution in [3.8, 4) is 0 Å². The zero-order chi connectivity index (χ0) is 9.10. The van der Waals surface area contributed by atoms with Crippen LogP contribution in [0.5, 0.6) is 0 Å². The first-order chi connectivity index (χ1) is 6.34. The highest BCUT2D eigenvalue weighted by Crippen LogP contribution is 2.18. The monoisotopic (exact) mass is 194 g/mol. The summed E-state index contributed by atoms with van der Waals surface area (Å²) in [5.74, 6) is 1.24. The standard InChI is InChI=1S/C10H14N2S/c11-9-3-1-8(2-4-9)7-10-12-5-6-13-10/h1-4,10,12H,5-7,11H2. The Morgan fingerprint density at radius 2 is 2.15 bits per heavy atom. The predicted octanol–water partition coefficient (Wildman–Crippen LogP) is 1.47. The molecule has 2 nitrogen and oxygen atoms in total. The molecule has 1 fully saturated rings. The van der Waals surface area contributed by atoms with Crippen molar-refractivity contribution in [2.24, 2.45) is 0 Å². The molecule has 3 N–H and O–H groups in total. The van der Waals surface area contributed by atoms with Crippen LogP contribution in [0.1, 0.15) is 5.56 Å². The van der Waals surface area contributed by atoms with Gasteiger partial charge in [0.25, 0.3) is 0 Å². The molecule has 1 heterocycles. The molecule has 2 rings (SSSR count). The number of nitrogens with one attached hydrogen (secondary N) is 1. The van der Waals surface area contributed by atoms with Crippen LogP contribution in [0, 0.1) is 0 Å². The van der Waals surface area contributed by atoms with E-state index in [0.29, 0.717) is 5.37 Å². The molecule has 1 aliphatic heterocycles. The van der Waals surface area contributed by atoms with Crippen LogP contribution in [0.15, 0.2) is 24.3 Å². The van der Waals surface area contributed by atoms with Crippen molar-refractivity contribution in [1.29, 1.82) is 0 Å². The van der Waals surface area contributed by atoms with Crippen LogP contribution in [0.4, 0.5) is 5.69 Å². The molecular weight excluding hydrogens is 180 g/mol. The summed E-state index contributed by atoms with van der Waals surface area (Å²) < 4.78 is 0. The van der Waals surface area contributed by atoms with Crippen LogP contribution in [0.3, 0.4) is 0 Å². The van der Waals surface area contributed by atoms with Crippen molar-refractivity contribution in [2.45, 2.75) is 11.8 Å². The third-order valence-electron chi connectivity index (χ3n) is 2.19. The van der Waals surface area contributed by atoms with Crippen molar-refractivity contribution < 1.29 is 0 Å². The molecule has 3 heteroatoms. The fourth-order valence-electron chi connectivity index (χ4n) is 1.48. The quantitative estimate of drug-likeness (QED) is 0.700. The molecule has 0 bridgehead atoms. The van der Waals surface area contributed by atoms with Gasteiger partial charge >= 0.3 is 0 Å². The van der Waals surface area contributed by atoms with Crippen molar-refractivity contribution in [1.82, 2.24) is 5.32 Å². The minimum Gasteiger partial charge on any atom is -0.399 e. The first-order valence-corrected chi connectivity index (χ1v) is 5.59. The Hall–Kier alpha value is -0.670. The number of benzene rings is 1. The van der Waals surface area contributed by atoms with Gasteiger partial charge in [-0.3, -0.25) is 0 Å². The van der Waals surface area contributed by atoms with Crippen molar-refractivity contribution >= 4 is 17.4 Å². The van der Waals surface area contributed by atoms with Gasteiger partial charge in [0.05, 0.1) is 5.37 Å². The Morgan fingerprint density at radius 1 is 1.38 bits per heavy atom. The van der Waals surface area contributed by atoms with Crippen LogP contribution in [-0.2, 0) is 6.42 Å². The van der Waals surface area contributed by atoms with Gasteiger partial charge in [-0.25, -0.2) is 0 Å². The lowest BCUT2D eigenvalue weighted by Crippen LogP contribution is -2.21. The van der Waals surface area contributed by atoms with Crippen LogP contribution in [0.2, 0.25) is 0 Å². The van der Waals surface area contributed by atoms with Crippen molar-refractivity contribution in [2.75, 3.05) is 18.0 Å². The smallest absolute Gasteiger partial charge is 0.0573 e. The minimum absolute atomic E-state index is 0.601. The average molecular weight is 194 g/mol. The molecule has 0 amide bonds. The maximum Gasteiger partial charge on any atom is 0.0573 e. The highest BCUT2D eigenvalue weighted by Gasteiger charge is 2.14. The van der Waals surface area contributed by atoms with Crippen LogP contribution < -0.4 is 11.1 Å². The van der Waals surface area contributed by atoms with E-state index in [4.69, 9.17) is 5.73 Å². The fraction of sp³-hybridized carbons (Fsp3) is 0.400. The lowest BCUT2D eigenvalue weighted by molar-refractivity contribution is 0.707. The normalized spacial score (nSPS) is 22.0. The van der Waals surface area contributed by atoms with Gasteiger partial charge < -0.3 is 11.1 Å². The second-order valence-electron chi connectivity index (χ2n) is 3.26. The zero-order valence-electron chi connectivity index (χ0n) is 7.49. The molecule has 1 atom stereocenters. The molecule has 0 aromatic heterocycles. The van der Waals surface area contributed by atoms with E-state index in [9.17, 15) is 0 Å². The van der Waals surface area contributed by atoms with E-state index in [1.807, 2.05) is 23.9 Å². The number of hydrogen-bond acceptors (Lipinski definition) is 3. The first-order valence-electron chi connectivity index (χ1n) is 4.54. The van der Waals surface area contributed by atoms with Gasteiger partial charge in [-0.15, -0.1) is 11.8 Å². The summed E-state index contributed by atoms with van der Waals surface area (Å²) in [7, 11) is 0. The second kappa shape index (κ2) is 4.03. The van der Waals surface area contributed by atoms with E-state index in [0.717, 1.165) is 18.7 Å². The summed E-state index contributed by atoms with van der Waals surface area (Å²) in [6.07, 6.45) is 1.10. The van der Waals surface area contributed by atoms with Gasteiger partial charge in [0.1, 0.15) is 0 Å². The Labute approximate surface area is 82.9 Å². The summed E-state index contributed by atoms with van der Waals surface area (Å²) >= 11 is 2.00. The molecule has 0 aliphatic carbocycles. The predicted molar refractivity (Wildman–Crippen MR) is 58.8 cm³/mol. The van der Waals surface area contributed by atoms with E-state index in [1.165, 1.54) is 11.3 Å². The summed E-state index contributed by atoms with van der Waals surface area (Å²) in [5, 5.41) is 4.05. The SMILES string of the molecule is Nc1ccc(CC2NCCS2)cc1. The highest BCUT2D eigenvalue weighted by molar-refractivity contribution is 8.00. The Balaban J connectivity index is 1.97. The van der Waals surface area contributed by atoms with E-state index in [1.54, 1.807) is 0 Å². The zero-order valence-corrected chi connectivity index (χ0v) is 8.31. The molecule has 13 heavy (non-hydrogen) atoms. The molecule has 1 aromatic carbocycles. The molecule has 0 spiro atoms. The van der Waals surface area contributed by atoms with Gasteiger partial charge in [0.15, 0.2) is 0 Å². The highest BCUT2D eigenvalue weighted by atomic mass is 32.2. The lowest BCUT2D eigenvalue weighted by atomic mass is 10.1. The molecule has 0 radical (unpaired) electrons. The third kappa shape index (κ3) is 2.39. The number of nitrogen functional groups attached to an aromatic ring is 1. The molecular formula is C10H14N2S. The summed E-state index contributed by atoms with van der Waals surface area (Å²) in [4.78, 5) is 0. The third-order valence-corrected chi connectivity index (χ3v) is 3.37. The average Bonchev–Trinajstić information content (AvgIpc) is 2.62. The molecule has 70 valence electrons. The van der Waals surface area contributed by atoms with Crippen molar-refractivity contribution in [3.63, 3.8) is 0 Å². The summed E-state index contributed by atoms with van der Waals surface area (Å²) in [6, 6.07) is 8.15. The molecule has 1 saturated heterocycles. The number of rotatable bonds is 2. The molecule has 0 saturated carbocycles. The largest absolute Gasteiger partial charge is 0.399 e. The number of thioether (sulfide) groups is 1. The van der Waals surface area contributed by atoms with Crippen LogP contribution in [-0.4, -0.2) is 17.7 Å². The van der Waals surface area contributed by atoms with Gasteiger partial charge in [0, 0.05) is 18.0 Å². The Kier molecular flexibility index (Phi) is 2.76. The van der Waals surface area contributed by atoms with Gasteiger partial charge in [-0.2, -0.15) is 0 Å². The minimum atomic E-state index is 0.601. The van der Waals surface area contributed by atoms with Gasteiger partial charge in [-0.1, -0.05) is 12.1 Å². The maximum absolute atomic E-state index is 5.61. The van der Waals surface area contributed by atoms with E-state index in [-0.39, 0.29) is 0 Å². The molecule has 1 unspecified atom stereocenters. The number of hydrogen-bond donors (Lipinski definition) is 2.